The lowest BCUT2D eigenvalue weighted by Gasteiger charge is -2.46. The quantitative estimate of drug-likeness (QED) is 0.657. The van der Waals surface area contributed by atoms with Gasteiger partial charge in [0.05, 0.1) is 0 Å². The van der Waals surface area contributed by atoms with Crippen LogP contribution in [0.3, 0.4) is 0 Å². The van der Waals surface area contributed by atoms with Crippen LogP contribution in [0.2, 0.25) is 0 Å². The molecule has 2 N–H and O–H groups in total. The highest BCUT2D eigenvalue weighted by Gasteiger charge is 2.52. The smallest absolute Gasteiger partial charge is 0.246 e. The molecule has 1 aromatic rings. The normalized spacial score (nSPS) is 20.9. The molecule has 3 aliphatic carbocycles. The third-order valence-corrected chi connectivity index (χ3v) is 6.90. The molecule has 3 saturated carbocycles. The first-order valence-corrected chi connectivity index (χ1v) is 11.8. The number of aromatic nitrogens is 1. The molecule has 0 saturated heterocycles. The van der Waals surface area contributed by atoms with Crippen molar-refractivity contribution in [3.63, 3.8) is 0 Å². The lowest BCUT2D eigenvalue weighted by atomic mass is 9.78. The molecule has 0 unspecified atom stereocenters. The van der Waals surface area contributed by atoms with Gasteiger partial charge in [-0.2, -0.15) is 0 Å². The molecule has 0 radical (unpaired) electrons. The summed E-state index contributed by atoms with van der Waals surface area (Å²) >= 11 is 0. The molecule has 8 nitrogen and oxygen atoms in total. The second-order valence-electron chi connectivity index (χ2n) is 9.41. The number of nitrogens with one attached hydrogen (secondary N) is 2. The number of rotatable bonds is 8. The van der Waals surface area contributed by atoms with Crippen molar-refractivity contribution in [2.75, 3.05) is 5.32 Å². The van der Waals surface area contributed by atoms with Crippen LogP contribution in [0, 0.1) is 6.92 Å². The molecule has 0 atom stereocenters. The third-order valence-electron chi connectivity index (χ3n) is 6.90. The Labute approximate surface area is 183 Å². The van der Waals surface area contributed by atoms with E-state index in [0.717, 1.165) is 70.6 Å². The van der Waals surface area contributed by atoms with Gasteiger partial charge in [-0.15, -0.1) is 0 Å². The van der Waals surface area contributed by atoms with Crippen molar-refractivity contribution in [1.29, 1.82) is 0 Å². The molecule has 3 amide bonds. The molecule has 0 aliphatic heterocycles. The molecule has 3 fully saturated rings. The van der Waals surface area contributed by atoms with Crippen molar-refractivity contribution in [2.24, 2.45) is 0 Å². The summed E-state index contributed by atoms with van der Waals surface area (Å²) in [4.78, 5) is 41.1. The van der Waals surface area contributed by atoms with Crippen LogP contribution in [0.5, 0.6) is 0 Å². The standard InChI is InChI=1S/C23H34N4O4/c1-16-15-19(26-31-16)25-20(28)11-12-21(29)27(18-9-10-18)23(13-5-2-6-14-23)22(30)24-17-7-3-4-8-17/h15,17-18H,2-14H2,1H3,(H,24,30)(H,25,26,28). The number of aryl methyl sites for hydroxylation is 1. The van der Waals surface area contributed by atoms with Gasteiger partial charge in [0.1, 0.15) is 11.3 Å². The minimum atomic E-state index is -0.751. The molecule has 4 rings (SSSR count). The minimum Gasteiger partial charge on any atom is -0.360 e. The van der Waals surface area contributed by atoms with Crippen LogP contribution in [0.1, 0.15) is 89.2 Å². The topological polar surface area (TPSA) is 105 Å². The molecule has 0 bridgehead atoms. The van der Waals surface area contributed by atoms with Gasteiger partial charge >= 0.3 is 0 Å². The van der Waals surface area contributed by atoms with Crippen LogP contribution in [-0.2, 0) is 14.4 Å². The lowest BCUT2D eigenvalue weighted by Crippen LogP contribution is -2.63. The molecule has 3 aliphatic rings. The van der Waals surface area contributed by atoms with Crippen molar-refractivity contribution in [2.45, 2.75) is 108 Å². The van der Waals surface area contributed by atoms with Crippen molar-refractivity contribution in [3.8, 4) is 0 Å². The maximum atomic E-state index is 13.5. The fourth-order valence-electron chi connectivity index (χ4n) is 5.20. The maximum Gasteiger partial charge on any atom is 0.246 e. The summed E-state index contributed by atoms with van der Waals surface area (Å²) < 4.78 is 4.96. The van der Waals surface area contributed by atoms with E-state index in [0.29, 0.717) is 11.6 Å². The van der Waals surface area contributed by atoms with Crippen molar-refractivity contribution < 1.29 is 18.9 Å². The zero-order chi connectivity index (χ0) is 21.8. The Hall–Kier alpha value is -2.38. The average Bonchev–Trinajstić information content (AvgIpc) is 3.28. The molecule has 0 aromatic carbocycles. The van der Waals surface area contributed by atoms with Gasteiger partial charge in [-0.05, 0) is 45.4 Å². The van der Waals surface area contributed by atoms with E-state index < -0.39 is 5.54 Å². The lowest BCUT2D eigenvalue weighted by molar-refractivity contribution is -0.152. The number of hydrogen-bond acceptors (Lipinski definition) is 5. The Balaban J connectivity index is 1.43. The second kappa shape index (κ2) is 9.40. The van der Waals surface area contributed by atoms with E-state index in [4.69, 9.17) is 4.52 Å². The summed E-state index contributed by atoms with van der Waals surface area (Å²) in [6, 6.07) is 2.00. The summed E-state index contributed by atoms with van der Waals surface area (Å²) in [7, 11) is 0. The summed E-state index contributed by atoms with van der Waals surface area (Å²) in [6.45, 7) is 1.75. The molecule has 1 aromatic heterocycles. The van der Waals surface area contributed by atoms with Crippen LogP contribution in [-0.4, -0.2) is 45.4 Å². The molecular weight excluding hydrogens is 396 g/mol. The molecular formula is C23H34N4O4. The number of amides is 3. The first kappa shape index (κ1) is 21.8. The van der Waals surface area contributed by atoms with Gasteiger partial charge in [0.15, 0.2) is 5.82 Å². The van der Waals surface area contributed by atoms with Crippen molar-refractivity contribution >= 4 is 23.5 Å². The van der Waals surface area contributed by atoms with E-state index >= 15 is 0 Å². The number of carbonyl (C=O) groups is 3. The van der Waals surface area contributed by atoms with Gasteiger partial charge in [-0.1, -0.05) is 37.3 Å². The molecule has 8 heteroatoms. The van der Waals surface area contributed by atoms with Gasteiger partial charge in [-0.25, -0.2) is 0 Å². The first-order chi connectivity index (χ1) is 15.0. The number of nitrogens with zero attached hydrogens (tertiary/aromatic N) is 2. The van der Waals surface area contributed by atoms with Gasteiger partial charge in [0, 0.05) is 31.0 Å². The number of hydrogen-bond donors (Lipinski definition) is 2. The van der Waals surface area contributed by atoms with Crippen LogP contribution in [0.15, 0.2) is 10.6 Å². The van der Waals surface area contributed by atoms with Crippen LogP contribution >= 0.6 is 0 Å². The van der Waals surface area contributed by atoms with Crippen molar-refractivity contribution in [1.82, 2.24) is 15.4 Å². The average molecular weight is 431 g/mol. The number of carbonyl (C=O) groups excluding carboxylic acids is 3. The summed E-state index contributed by atoms with van der Waals surface area (Å²) in [5.74, 6) is 0.636. The predicted molar refractivity (Wildman–Crippen MR) is 115 cm³/mol. The Morgan fingerprint density at radius 3 is 2.39 bits per heavy atom. The highest BCUT2D eigenvalue weighted by atomic mass is 16.5. The van der Waals surface area contributed by atoms with E-state index in [2.05, 4.69) is 15.8 Å². The fourth-order valence-corrected chi connectivity index (χ4v) is 5.20. The Kier molecular flexibility index (Phi) is 6.62. The van der Waals surface area contributed by atoms with Crippen molar-refractivity contribution in [3.05, 3.63) is 11.8 Å². The molecule has 170 valence electrons. The zero-order valence-corrected chi connectivity index (χ0v) is 18.5. The Morgan fingerprint density at radius 1 is 1.06 bits per heavy atom. The van der Waals surface area contributed by atoms with Gasteiger partial charge < -0.3 is 20.1 Å². The largest absolute Gasteiger partial charge is 0.360 e. The Bertz CT molecular complexity index is 804. The van der Waals surface area contributed by atoms with E-state index in [1.165, 1.54) is 0 Å². The number of anilines is 1. The zero-order valence-electron chi connectivity index (χ0n) is 18.5. The van der Waals surface area contributed by atoms with Gasteiger partial charge in [-0.3, -0.25) is 14.4 Å². The highest BCUT2D eigenvalue weighted by Crippen LogP contribution is 2.42. The summed E-state index contributed by atoms with van der Waals surface area (Å²) in [6.07, 6.45) is 10.9. The summed E-state index contributed by atoms with van der Waals surface area (Å²) in [5, 5.41) is 9.70. The van der Waals surface area contributed by atoms with Gasteiger partial charge in [0.2, 0.25) is 17.7 Å². The monoisotopic (exact) mass is 430 g/mol. The fraction of sp³-hybridized carbons (Fsp3) is 0.739. The van der Waals surface area contributed by atoms with E-state index in [9.17, 15) is 14.4 Å². The maximum absolute atomic E-state index is 13.5. The van der Waals surface area contributed by atoms with Crippen LogP contribution in [0.4, 0.5) is 5.82 Å². The highest BCUT2D eigenvalue weighted by molar-refractivity contribution is 5.95. The SMILES string of the molecule is Cc1cc(NC(=O)CCC(=O)N(C2CC2)C2(C(=O)NC3CCCC3)CCCCC2)no1. The first-order valence-electron chi connectivity index (χ1n) is 11.8. The second-order valence-corrected chi connectivity index (χ2v) is 9.41. The van der Waals surface area contributed by atoms with Gasteiger partial charge in [0.25, 0.3) is 0 Å². The van der Waals surface area contributed by atoms with E-state index in [1.54, 1.807) is 13.0 Å². The minimum absolute atomic E-state index is 0.0295. The van der Waals surface area contributed by atoms with E-state index in [-0.39, 0.29) is 42.6 Å². The third kappa shape index (κ3) is 5.10. The van der Waals surface area contributed by atoms with E-state index in [1.807, 2.05) is 4.90 Å². The van der Waals surface area contributed by atoms with Crippen LogP contribution in [0.25, 0.3) is 0 Å². The molecule has 0 spiro atoms. The van der Waals surface area contributed by atoms with Crippen LogP contribution < -0.4 is 10.6 Å². The molecule has 31 heavy (non-hydrogen) atoms. The Morgan fingerprint density at radius 2 is 1.77 bits per heavy atom. The summed E-state index contributed by atoms with van der Waals surface area (Å²) in [5.41, 5.74) is -0.751. The molecule has 1 heterocycles. The predicted octanol–water partition coefficient (Wildman–Crippen LogP) is 3.45.